The third-order valence-electron chi connectivity index (χ3n) is 5.13. The molecule has 1 amide bonds. The topological polar surface area (TPSA) is 81.5 Å². The first-order chi connectivity index (χ1) is 14.4. The van der Waals surface area contributed by atoms with Gasteiger partial charge in [0.25, 0.3) is 15.9 Å². The van der Waals surface area contributed by atoms with E-state index >= 15 is 0 Å². The zero-order valence-electron chi connectivity index (χ0n) is 15.7. The minimum Gasteiger partial charge on any atom is -0.372 e. The van der Waals surface area contributed by atoms with Crippen LogP contribution in [0.25, 0.3) is 16.9 Å². The molecule has 2 aliphatic rings. The number of amides is 1. The minimum atomic E-state index is -3.80. The van der Waals surface area contributed by atoms with E-state index in [1.54, 1.807) is 18.2 Å². The van der Waals surface area contributed by atoms with E-state index in [1.807, 2.05) is 18.2 Å². The highest BCUT2D eigenvalue weighted by Gasteiger charge is 2.32. The number of halogens is 1. The second-order valence-electron chi connectivity index (χ2n) is 6.99. The molecule has 9 heteroatoms. The normalized spacial score (nSPS) is 16.8. The van der Waals surface area contributed by atoms with Crippen molar-refractivity contribution in [3.63, 3.8) is 0 Å². The number of sulfonamides is 1. The Balaban J connectivity index is 1.67. The molecule has 2 aromatic carbocycles. The Kier molecular flexibility index (Phi) is 4.30. The molecule has 0 aliphatic carbocycles. The van der Waals surface area contributed by atoms with Gasteiger partial charge in [0.15, 0.2) is 5.69 Å². The predicted molar refractivity (Wildman–Crippen MR) is 107 cm³/mol. The third kappa shape index (κ3) is 3.03. The maximum absolute atomic E-state index is 13.4. The van der Waals surface area contributed by atoms with E-state index in [1.165, 1.54) is 22.9 Å². The molecule has 3 aromatic rings. The SMILES string of the molecule is O=C(c1cc(-c2cccc3c2COC3)n(-c2ccc(F)cc2)n1)N1CC=CS1(=O)=O. The molecule has 0 atom stereocenters. The minimum absolute atomic E-state index is 0.0156. The fraction of sp³-hybridized carbons (Fsp3) is 0.143. The van der Waals surface area contributed by atoms with E-state index in [2.05, 4.69) is 5.10 Å². The fourth-order valence-corrected chi connectivity index (χ4v) is 4.76. The number of ether oxygens (including phenoxy) is 1. The Labute approximate surface area is 172 Å². The van der Waals surface area contributed by atoms with Crippen LogP contribution in [-0.2, 0) is 28.0 Å². The zero-order chi connectivity index (χ0) is 20.9. The second-order valence-corrected chi connectivity index (χ2v) is 8.73. The number of carbonyl (C=O) groups excluding carboxylic acids is 1. The number of nitrogens with zero attached hydrogens (tertiary/aromatic N) is 3. The van der Waals surface area contributed by atoms with Crippen LogP contribution in [0.5, 0.6) is 0 Å². The molecule has 1 aromatic heterocycles. The molecule has 7 nitrogen and oxygen atoms in total. The van der Waals surface area contributed by atoms with Crippen LogP contribution < -0.4 is 0 Å². The van der Waals surface area contributed by atoms with Crippen LogP contribution in [0.4, 0.5) is 4.39 Å². The van der Waals surface area contributed by atoms with Crippen LogP contribution in [0.2, 0.25) is 0 Å². The van der Waals surface area contributed by atoms with E-state index in [0.29, 0.717) is 24.6 Å². The molecule has 30 heavy (non-hydrogen) atoms. The van der Waals surface area contributed by atoms with Crippen molar-refractivity contribution in [2.75, 3.05) is 6.54 Å². The van der Waals surface area contributed by atoms with Crippen LogP contribution in [0, 0.1) is 5.82 Å². The molecular weight excluding hydrogens is 409 g/mol. The van der Waals surface area contributed by atoms with Crippen LogP contribution in [0.3, 0.4) is 0 Å². The van der Waals surface area contributed by atoms with Gasteiger partial charge in [-0.05, 0) is 41.5 Å². The molecule has 3 heterocycles. The van der Waals surface area contributed by atoms with Crippen molar-refractivity contribution in [1.82, 2.24) is 14.1 Å². The molecule has 0 bridgehead atoms. The molecular formula is C21H16FN3O4S. The molecule has 0 spiro atoms. The first kappa shape index (κ1) is 18.7. The van der Waals surface area contributed by atoms with Gasteiger partial charge in [0.1, 0.15) is 5.82 Å². The van der Waals surface area contributed by atoms with E-state index < -0.39 is 21.7 Å². The smallest absolute Gasteiger partial charge is 0.288 e. The maximum Gasteiger partial charge on any atom is 0.288 e. The molecule has 152 valence electrons. The molecule has 5 rings (SSSR count). The first-order valence-electron chi connectivity index (χ1n) is 9.22. The molecule has 0 fully saturated rings. The standard InChI is InChI=1S/C21H16FN3O4S/c22-15-5-7-16(8-6-15)25-20(17-4-1-3-14-12-29-13-18(14)17)11-19(23-25)21(26)24-9-2-10-30(24,27)28/h1-8,10-11H,9,12-13H2. The third-order valence-corrected chi connectivity index (χ3v) is 6.59. The van der Waals surface area contributed by atoms with Crippen LogP contribution in [0.15, 0.2) is 60.0 Å². The summed E-state index contributed by atoms with van der Waals surface area (Å²) in [6.07, 6.45) is 1.41. The average molecular weight is 425 g/mol. The van der Waals surface area contributed by atoms with Gasteiger partial charge < -0.3 is 4.74 Å². The van der Waals surface area contributed by atoms with Gasteiger partial charge in [-0.3, -0.25) is 4.79 Å². The zero-order valence-corrected chi connectivity index (χ0v) is 16.5. The Morgan fingerprint density at radius 3 is 2.63 bits per heavy atom. The van der Waals surface area contributed by atoms with Gasteiger partial charge >= 0.3 is 0 Å². The average Bonchev–Trinajstić information content (AvgIpc) is 3.45. The second kappa shape index (κ2) is 6.89. The Morgan fingerprint density at radius 1 is 1.10 bits per heavy atom. The van der Waals surface area contributed by atoms with Gasteiger partial charge in [-0.1, -0.05) is 24.3 Å². The number of rotatable bonds is 3. The summed E-state index contributed by atoms with van der Waals surface area (Å²) in [7, 11) is -3.80. The number of benzene rings is 2. The van der Waals surface area contributed by atoms with Crippen molar-refractivity contribution in [2.45, 2.75) is 13.2 Å². The Morgan fingerprint density at radius 2 is 1.90 bits per heavy atom. The van der Waals surface area contributed by atoms with Crippen molar-refractivity contribution in [2.24, 2.45) is 0 Å². The predicted octanol–water partition coefficient (Wildman–Crippen LogP) is 3.01. The summed E-state index contributed by atoms with van der Waals surface area (Å²) in [6, 6.07) is 13.0. The lowest BCUT2D eigenvalue weighted by Crippen LogP contribution is -2.32. The van der Waals surface area contributed by atoms with Crippen molar-refractivity contribution >= 4 is 15.9 Å². The van der Waals surface area contributed by atoms with E-state index in [4.69, 9.17) is 4.74 Å². The van der Waals surface area contributed by atoms with Crippen LogP contribution >= 0.6 is 0 Å². The molecule has 0 N–H and O–H groups in total. The summed E-state index contributed by atoms with van der Waals surface area (Å²) in [5, 5.41) is 5.40. The van der Waals surface area contributed by atoms with Gasteiger partial charge in [0.05, 0.1) is 31.1 Å². The van der Waals surface area contributed by atoms with Gasteiger partial charge in [-0.25, -0.2) is 21.8 Å². The first-order valence-corrected chi connectivity index (χ1v) is 10.7. The summed E-state index contributed by atoms with van der Waals surface area (Å²) in [6.45, 7) is 0.889. The highest BCUT2D eigenvalue weighted by molar-refractivity contribution is 7.92. The maximum atomic E-state index is 13.4. The van der Waals surface area contributed by atoms with Crippen LogP contribution in [-0.4, -0.2) is 35.0 Å². The van der Waals surface area contributed by atoms with Gasteiger partial charge in [-0.15, -0.1) is 0 Å². The summed E-state index contributed by atoms with van der Waals surface area (Å²) in [5.41, 5.74) is 3.97. The number of aromatic nitrogens is 2. The molecule has 2 aliphatic heterocycles. The van der Waals surface area contributed by atoms with E-state index in [9.17, 15) is 17.6 Å². The lowest BCUT2D eigenvalue weighted by Gasteiger charge is -2.12. The van der Waals surface area contributed by atoms with E-state index in [0.717, 1.165) is 26.4 Å². The van der Waals surface area contributed by atoms with Crippen molar-refractivity contribution in [3.8, 4) is 16.9 Å². The molecule has 0 unspecified atom stereocenters. The highest BCUT2D eigenvalue weighted by Crippen LogP contribution is 2.33. The largest absolute Gasteiger partial charge is 0.372 e. The fourth-order valence-electron chi connectivity index (χ4n) is 3.66. The number of fused-ring (bicyclic) bond motifs is 1. The van der Waals surface area contributed by atoms with Gasteiger partial charge in [0, 0.05) is 11.0 Å². The summed E-state index contributed by atoms with van der Waals surface area (Å²) in [4.78, 5) is 12.9. The Hall–Kier alpha value is -3.30. The van der Waals surface area contributed by atoms with Gasteiger partial charge in [-0.2, -0.15) is 5.10 Å². The number of hydrogen-bond donors (Lipinski definition) is 0. The molecule has 0 radical (unpaired) electrons. The molecule has 0 saturated heterocycles. The van der Waals surface area contributed by atoms with Crippen molar-refractivity contribution in [1.29, 1.82) is 0 Å². The van der Waals surface area contributed by atoms with Gasteiger partial charge in [0.2, 0.25) is 0 Å². The Bertz CT molecular complexity index is 1300. The lowest BCUT2D eigenvalue weighted by molar-refractivity contribution is 0.0869. The monoisotopic (exact) mass is 425 g/mol. The highest BCUT2D eigenvalue weighted by atomic mass is 32.2. The summed E-state index contributed by atoms with van der Waals surface area (Å²) >= 11 is 0. The molecule has 0 saturated carbocycles. The quantitative estimate of drug-likeness (QED) is 0.644. The van der Waals surface area contributed by atoms with Crippen molar-refractivity contribution < 1.29 is 22.3 Å². The number of carbonyl (C=O) groups is 1. The lowest BCUT2D eigenvalue weighted by atomic mass is 10.0. The summed E-state index contributed by atoms with van der Waals surface area (Å²) in [5.74, 6) is -1.11. The van der Waals surface area contributed by atoms with Crippen molar-refractivity contribution in [3.05, 3.63) is 82.7 Å². The van der Waals surface area contributed by atoms with Crippen LogP contribution in [0.1, 0.15) is 21.6 Å². The summed E-state index contributed by atoms with van der Waals surface area (Å²) < 4.78 is 45.6. The number of hydrogen-bond acceptors (Lipinski definition) is 5. The van der Waals surface area contributed by atoms with E-state index in [-0.39, 0.29) is 12.2 Å².